The number of benzene rings is 2. The molecule has 0 aliphatic carbocycles. The molecule has 0 spiro atoms. The Balaban J connectivity index is 1.98. The van der Waals surface area contributed by atoms with Gasteiger partial charge in [0.1, 0.15) is 0 Å². The highest BCUT2D eigenvalue weighted by Crippen LogP contribution is 2.17. The minimum absolute atomic E-state index is 0.223. The zero-order chi connectivity index (χ0) is 16.0. The van der Waals surface area contributed by atoms with E-state index in [1.54, 1.807) is 6.07 Å². The monoisotopic (exact) mass is 306 g/mol. The van der Waals surface area contributed by atoms with Gasteiger partial charge in [0.25, 0.3) is 0 Å². The van der Waals surface area contributed by atoms with Gasteiger partial charge in [0, 0.05) is 5.69 Å². The standard InChI is InChI=1S/C16H14N6O/c17-11-6-2-1-5-10(11)9-21-16(23)22-13-8-4-3-7-12(13)19-14(18)15(22)20-21/h1-8H,9,17H2,(H2,18,19). The van der Waals surface area contributed by atoms with Gasteiger partial charge in [0.05, 0.1) is 17.6 Å². The van der Waals surface area contributed by atoms with Crippen LogP contribution in [0, 0.1) is 0 Å². The number of fused-ring (bicyclic) bond motifs is 3. The summed E-state index contributed by atoms with van der Waals surface area (Å²) < 4.78 is 2.84. The van der Waals surface area contributed by atoms with Crippen molar-refractivity contribution >= 4 is 28.2 Å². The van der Waals surface area contributed by atoms with E-state index in [4.69, 9.17) is 11.5 Å². The number of hydrogen-bond acceptors (Lipinski definition) is 5. The first kappa shape index (κ1) is 13.3. The number of hydrogen-bond donors (Lipinski definition) is 2. The molecule has 0 saturated heterocycles. The molecule has 2 aromatic heterocycles. The second-order valence-corrected chi connectivity index (χ2v) is 5.28. The number of nitrogens with zero attached hydrogens (tertiary/aromatic N) is 4. The van der Waals surface area contributed by atoms with Crippen LogP contribution in [0.5, 0.6) is 0 Å². The molecule has 0 aliphatic rings. The molecule has 7 nitrogen and oxygen atoms in total. The van der Waals surface area contributed by atoms with Gasteiger partial charge in [-0.2, -0.15) is 0 Å². The molecule has 4 N–H and O–H groups in total. The fourth-order valence-corrected chi connectivity index (χ4v) is 2.66. The van der Waals surface area contributed by atoms with E-state index in [-0.39, 0.29) is 18.1 Å². The van der Waals surface area contributed by atoms with Crippen molar-refractivity contribution in [3.05, 3.63) is 64.6 Å². The van der Waals surface area contributed by atoms with Crippen molar-refractivity contribution in [3.63, 3.8) is 0 Å². The van der Waals surface area contributed by atoms with Gasteiger partial charge >= 0.3 is 5.69 Å². The molecule has 0 aliphatic heterocycles. The van der Waals surface area contributed by atoms with Crippen molar-refractivity contribution in [3.8, 4) is 0 Å². The molecule has 4 rings (SSSR count). The summed E-state index contributed by atoms with van der Waals surface area (Å²) in [5, 5.41) is 4.32. The van der Waals surface area contributed by atoms with Gasteiger partial charge in [0.15, 0.2) is 5.82 Å². The third-order valence-corrected chi connectivity index (χ3v) is 3.81. The van der Waals surface area contributed by atoms with Crippen molar-refractivity contribution in [1.82, 2.24) is 19.2 Å². The predicted molar refractivity (Wildman–Crippen MR) is 89.1 cm³/mol. The van der Waals surface area contributed by atoms with Crippen molar-refractivity contribution in [2.45, 2.75) is 6.54 Å². The average Bonchev–Trinajstić information content (AvgIpc) is 2.88. The molecule has 23 heavy (non-hydrogen) atoms. The summed E-state index contributed by atoms with van der Waals surface area (Å²) in [5.74, 6) is 0.223. The molecule has 0 fully saturated rings. The Labute approximate surface area is 130 Å². The van der Waals surface area contributed by atoms with E-state index in [0.717, 1.165) is 5.56 Å². The highest BCUT2D eigenvalue weighted by Gasteiger charge is 2.14. The van der Waals surface area contributed by atoms with Crippen molar-refractivity contribution in [2.75, 3.05) is 11.5 Å². The highest BCUT2D eigenvalue weighted by atomic mass is 16.2. The fraction of sp³-hybridized carbons (Fsp3) is 0.0625. The summed E-state index contributed by atoms with van der Waals surface area (Å²) in [6.45, 7) is 0.279. The van der Waals surface area contributed by atoms with Crippen LogP contribution in [0.25, 0.3) is 16.7 Å². The largest absolute Gasteiger partial charge is 0.398 e. The van der Waals surface area contributed by atoms with Gasteiger partial charge in [-0.1, -0.05) is 30.3 Å². The number of anilines is 2. The Morgan fingerprint density at radius 3 is 2.57 bits per heavy atom. The van der Waals surface area contributed by atoms with Crippen LogP contribution < -0.4 is 17.2 Å². The average molecular weight is 306 g/mol. The van der Waals surface area contributed by atoms with E-state index in [2.05, 4.69) is 10.1 Å². The molecule has 7 heteroatoms. The summed E-state index contributed by atoms with van der Waals surface area (Å²) in [6.07, 6.45) is 0. The van der Waals surface area contributed by atoms with Crippen LogP contribution in [0.15, 0.2) is 53.3 Å². The lowest BCUT2D eigenvalue weighted by Gasteiger charge is -2.03. The molecule has 0 radical (unpaired) electrons. The summed E-state index contributed by atoms with van der Waals surface area (Å²) in [5.41, 5.74) is 14.8. The lowest BCUT2D eigenvalue weighted by molar-refractivity contribution is 0.661. The SMILES string of the molecule is Nc1ccccc1Cn1nc2c(N)nc3ccccc3n2c1=O. The van der Waals surface area contributed by atoms with E-state index in [1.165, 1.54) is 9.08 Å². The fourth-order valence-electron chi connectivity index (χ4n) is 2.66. The van der Waals surface area contributed by atoms with Gasteiger partial charge in [-0.15, -0.1) is 5.10 Å². The zero-order valence-corrected chi connectivity index (χ0v) is 12.2. The Morgan fingerprint density at radius 2 is 1.74 bits per heavy atom. The molecular formula is C16H14N6O. The van der Waals surface area contributed by atoms with Gasteiger partial charge in [-0.25, -0.2) is 18.9 Å². The lowest BCUT2D eigenvalue weighted by Crippen LogP contribution is -2.22. The third kappa shape index (κ3) is 2.02. The van der Waals surface area contributed by atoms with Crippen LogP contribution in [0.3, 0.4) is 0 Å². The number of para-hydroxylation sites is 3. The molecule has 114 valence electrons. The van der Waals surface area contributed by atoms with E-state index < -0.39 is 0 Å². The minimum Gasteiger partial charge on any atom is -0.398 e. The molecule has 0 amide bonds. The Morgan fingerprint density at radius 1 is 1.00 bits per heavy atom. The van der Waals surface area contributed by atoms with Crippen molar-refractivity contribution in [1.29, 1.82) is 0 Å². The predicted octanol–water partition coefficient (Wildman–Crippen LogP) is 1.26. The van der Waals surface area contributed by atoms with E-state index in [9.17, 15) is 4.79 Å². The Bertz CT molecular complexity index is 1090. The molecule has 4 aromatic rings. The second kappa shape index (κ2) is 4.84. The van der Waals surface area contributed by atoms with Gasteiger partial charge < -0.3 is 11.5 Å². The summed E-state index contributed by atoms with van der Waals surface area (Å²) >= 11 is 0. The molecule has 0 bridgehead atoms. The maximum atomic E-state index is 12.7. The highest BCUT2D eigenvalue weighted by molar-refractivity contribution is 5.81. The van der Waals surface area contributed by atoms with Crippen LogP contribution in [-0.2, 0) is 6.54 Å². The van der Waals surface area contributed by atoms with Gasteiger partial charge in [-0.05, 0) is 23.8 Å². The molecular weight excluding hydrogens is 292 g/mol. The maximum absolute atomic E-state index is 12.7. The maximum Gasteiger partial charge on any atom is 0.351 e. The number of nitrogen functional groups attached to an aromatic ring is 2. The van der Waals surface area contributed by atoms with Gasteiger partial charge in [0.2, 0.25) is 5.65 Å². The molecule has 0 saturated carbocycles. The van der Waals surface area contributed by atoms with Gasteiger partial charge in [-0.3, -0.25) is 0 Å². The molecule has 2 heterocycles. The molecule has 0 unspecified atom stereocenters. The number of aromatic nitrogens is 4. The van der Waals surface area contributed by atoms with E-state index >= 15 is 0 Å². The van der Waals surface area contributed by atoms with Crippen molar-refractivity contribution in [2.24, 2.45) is 0 Å². The van der Waals surface area contributed by atoms with Crippen molar-refractivity contribution < 1.29 is 0 Å². The normalized spacial score (nSPS) is 11.3. The van der Waals surface area contributed by atoms with Crippen LogP contribution >= 0.6 is 0 Å². The minimum atomic E-state index is -0.270. The number of nitrogens with two attached hydrogens (primary N) is 2. The first-order valence-electron chi connectivity index (χ1n) is 7.12. The Kier molecular flexibility index (Phi) is 2.80. The lowest BCUT2D eigenvalue weighted by atomic mass is 10.2. The van der Waals surface area contributed by atoms with Crippen LogP contribution in [0.1, 0.15) is 5.56 Å². The van der Waals surface area contributed by atoms with E-state index in [0.29, 0.717) is 22.4 Å². The zero-order valence-electron chi connectivity index (χ0n) is 12.2. The second-order valence-electron chi connectivity index (χ2n) is 5.28. The summed E-state index contributed by atoms with van der Waals surface area (Å²) in [4.78, 5) is 17.0. The first-order chi connectivity index (χ1) is 11.1. The third-order valence-electron chi connectivity index (χ3n) is 3.81. The molecule has 0 atom stereocenters. The summed E-state index contributed by atoms with van der Waals surface area (Å²) in [7, 11) is 0. The van der Waals surface area contributed by atoms with Crippen LogP contribution in [0.4, 0.5) is 11.5 Å². The first-order valence-corrected chi connectivity index (χ1v) is 7.12. The van der Waals surface area contributed by atoms with E-state index in [1.807, 2.05) is 42.5 Å². The number of rotatable bonds is 2. The van der Waals surface area contributed by atoms with Crippen LogP contribution in [-0.4, -0.2) is 19.2 Å². The van der Waals surface area contributed by atoms with Crippen LogP contribution in [0.2, 0.25) is 0 Å². The molecule has 2 aromatic carbocycles. The quantitative estimate of drug-likeness (QED) is 0.542. The summed E-state index contributed by atoms with van der Waals surface area (Å²) in [6, 6.07) is 14.7. The smallest absolute Gasteiger partial charge is 0.351 e. The topological polar surface area (TPSA) is 104 Å². The Hall–Kier alpha value is -3.35.